The third-order valence-corrected chi connectivity index (χ3v) is 3.80. The number of nitrogens with one attached hydrogen (secondary N) is 1. The molecule has 1 aliphatic rings. The number of phenolic OH excluding ortho intramolecular Hbond substituents is 1. The predicted octanol–water partition coefficient (Wildman–Crippen LogP) is 2.15. The van der Waals surface area contributed by atoms with Crippen molar-refractivity contribution in [2.45, 2.75) is 31.2 Å². The molecule has 6 nitrogen and oxygen atoms in total. The molecular weight excluding hydrogens is 308 g/mol. The Morgan fingerprint density at radius 3 is 2.73 bits per heavy atom. The number of phenols is 1. The molecule has 1 aromatic rings. The number of benzene rings is 1. The molecule has 0 spiro atoms. The lowest BCUT2D eigenvalue weighted by Crippen LogP contribution is -2.46. The Labute approximate surface area is 132 Å². The number of rotatable bonds is 4. The molecule has 1 amide bonds. The third-order valence-electron chi connectivity index (χ3n) is 3.56. The number of hydrogen-bond acceptors (Lipinski definition) is 5. The van der Waals surface area contributed by atoms with E-state index in [4.69, 9.17) is 21.6 Å². The maximum absolute atomic E-state index is 11.8. The largest absolute Gasteiger partial charge is 0.507 e. The summed E-state index contributed by atoms with van der Waals surface area (Å²) in [4.78, 5) is 23.6. The molecule has 0 heterocycles. The molecule has 1 aromatic carbocycles. The Kier molecular flexibility index (Phi) is 4.88. The lowest BCUT2D eigenvalue weighted by atomic mass is 10.00. The average Bonchev–Trinajstić information content (AvgIpc) is 2.96. The van der Waals surface area contributed by atoms with Crippen molar-refractivity contribution in [2.75, 3.05) is 6.61 Å². The number of nitrogens with zero attached hydrogens (tertiary/aromatic N) is 1. The van der Waals surface area contributed by atoms with E-state index in [1.807, 2.05) is 0 Å². The molecule has 0 bridgehead atoms. The summed E-state index contributed by atoms with van der Waals surface area (Å²) in [6.45, 7) is -0.520. The van der Waals surface area contributed by atoms with Gasteiger partial charge in [0.25, 0.3) is 5.91 Å². The normalized spacial score (nSPS) is 15.8. The maximum Gasteiger partial charge on any atom is 0.342 e. The van der Waals surface area contributed by atoms with Gasteiger partial charge in [0, 0.05) is 5.02 Å². The second-order valence-electron chi connectivity index (χ2n) is 5.19. The lowest BCUT2D eigenvalue weighted by Gasteiger charge is -2.21. The lowest BCUT2D eigenvalue weighted by molar-refractivity contribution is -0.125. The minimum absolute atomic E-state index is 0.115. The number of carbonyl (C=O) groups excluding carboxylic acids is 2. The minimum Gasteiger partial charge on any atom is -0.507 e. The van der Waals surface area contributed by atoms with Crippen molar-refractivity contribution in [2.24, 2.45) is 0 Å². The van der Waals surface area contributed by atoms with Crippen LogP contribution < -0.4 is 5.32 Å². The van der Waals surface area contributed by atoms with Crippen LogP contribution in [0.3, 0.4) is 0 Å². The van der Waals surface area contributed by atoms with Gasteiger partial charge >= 0.3 is 5.97 Å². The SMILES string of the molecule is N#CC1(NC(=O)COC(=O)c2cc(Cl)ccc2O)CCCC1. The van der Waals surface area contributed by atoms with Crippen molar-refractivity contribution in [3.05, 3.63) is 28.8 Å². The van der Waals surface area contributed by atoms with Gasteiger partial charge in [0.1, 0.15) is 16.9 Å². The molecular formula is C15H15ClN2O4. The van der Waals surface area contributed by atoms with Gasteiger partial charge < -0.3 is 15.2 Å². The van der Waals surface area contributed by atoms with Crippen LogP contribution in [0.2, 0.25) is 5.02 Å². The van der Waals surface area contributed by atoms with Crippen LogP contribution in [-0.2, 0) is 9.53 Å². The number of amides is 1. The van der Waals surface area contributed by atoms with Gasteiger partial charge in [-0.05, 0) is 43.9 Å². The molecule has 22 heavy (non-hydrogen) atoms. The molecule has 0 aliphatic heterocycles. The van der Waals surface area contributed by atoms with Crippen LogP contribution in [0.5, 0.6) is 5.75 Å². The van der Waals surface area contributed by atoms with Crippen molar-refractivity contribution in [3.8, 4) is 11.8 Å². The van der Waals surface area contributed by atoms with E-state index >= 15 is 0 Å². The van der Waals surface area contributed by atoms with Gasteiger partial charge in [-0.25, -0.2) is 4.79 Å². The van der Waals surface area contributed by atoms with Crippen LogP contribution in [0, 0.1) is 11.3 Å². The molecule has 116 valence electrons. The summed E-state index contributed by atoms with van der Waals surface area (Å²) in [5.74, 6) is -1.68. The highest BCUT2D eigenvalue weighted by atomic mass is 35.5. The summed E-state index contributed by atoms with van der Waals surface area (Å²) in [5, 5.41) is 21.6. The first-order valence-electron chi connectivity index (χ1n) is 6.84. The van der Waals surface area contributed by atoms with Crippen LogP contribution in [0.1, 0.15) is 36.0 Å². The molecule has 2 N–H and O–H groups in total. The summed E-state index contributed by atoms with van der Waals surface area (Å²) in [7, 11) is 0. The first-order chi connectivity index (χ1) is 10.5. The zero-order valence-corrected chi connectivity index (χ0v) is 12.5. The zero-order valence-electron chi connectivity index (χ0n) is 11.8. The predicted molar refractivity (Wildman–Crippen MR) is 78.4 cm³/mol. The molecule has 1 saturated carbocycles. The molecule has 1 aliphatic carbocycles. The quantitative estimate of drug-likeness (QED) is 0.827. The summed E-state index contributed by atoms with van der Waals surface area (Å²) in [6.07, 6.45) is 2.95. The minimum atomic E-state index is -0.859. The smallest absolute Gasteiger partial charge is 0.342 e. The second kappa shape index (κ2) is 6.67. The van der Waals surface area contributed by atoms with Gasteiger partial charge in [-0.2, -0.15) is 5.26 Å². The number of nitriles is 1. The summed E-state index contributed by atoms with van der Waals surface area (Å²) in [6, 6.07) is 6.06. The fourth-order valence-electron chi connectivity index (χ4n) is 2.43. The van der Waals surface area contributed by atoms with Crippen molar-refractivity contribution in [3.63, 3.8) is 0 Å². The number of aromatic hydroxyl groups is 1. The average molecular weight is 323 g/mol. The molecule has 0 unspecified atom stereocenters. The number of ether oxygens (including phenoxy) is 1. The molecule has 0 aromatic heterocycles. The van der Waals surface area contributed by atoms with Gasteiger partial charge in [-0.1, -0.05) is 11.6 Å². The number of hydrogen-bond donors (Lipinski definition) is 2. The standard InChI is InChI=1S/C15H15ClN2O4/c16-10-3-4-12(19)11(7-10)14(21)22-8-13(20)18-15(9-17)5-1-2-6-15/h3-4,7,19H,1-2,5-6,8H2,(H,18,20). The van der Waals surface area contributed by atoms with Gasteiger partial charge in [0.05, 0.1) is 6.07 Å². The van der Waals surface area contributed by atoms with Crippen LogP contribution in [0.15, 0.2) is 18.2 Å². The van der Waals surface area contributed by atoms with Gasteiger partial charge in [-0.3, -0.25) is 4.79 Å². The van der Waals surface area contributed by atoms with Crippen molar-refractivity contribution >= 4 is 23.5 Å². The van der Waals surface area contributed by atoms with E-state index in [9.17, 15) is 14.7 Å². The van der Waals surface area contributed by atoms with E-state index < -0.39 is 24.0 Å². The van der Waals surface area contributed by atoms with Crippen LogP contribution in [0.4, 0.5) is 0 Å². The van der Waals surface area contributed by atoms with Gasteiger partial charge in [0.15, 0.2) is 6.61 Å². The number of halogens is 1. The van der Waals surface area contributed by atoms with E-state index in [2.05, 4.69) is 11.4 Å². The number of esters is 1. The first kappa shape index (κ1) is 16.1. The van der Waals surface area contributed by atoms with E-state index in [-0.39, 0.29) is 16.3 Å². The molecule has 2 rings (SSSR count). The van der Waals surface area contributed by atoms with Crippen LogP contribution in [0.25, 0.3) is 0 Å². The van der Waals surface area contributed by atoms with E-state index in [0.717, 1.165) is 12.8 Å². The van der Waals surface area contributed by atoms with Crippen molar-refractivity contribution < 1.29 is 19.4 Å². The third kappa shape index (κ3) is 3.68. The van der Waals surface area contributed by atoms with E-state index in [1.54, 1.807) is 0 Å². The topological polar surface area (TPSA) is 99.4 Å². The fourth-order valence-corrected chi connectivity index (χ4v) is 2.60. The monoisotopic (exact) mass is 322 g/mol. The zero-order chi connectivity index (χ0) is 16.2. The van der Waals surface area contributed by atoms with Gasteiger partial charge in [-0.15, -0.1) is 0 Å². The summed E-state index contributed by atoms with van der Waals surface area (Å²) in [5.41, 5.74) is -0.974. The molecule has 7 heteroatoms. The highest BCUT2D eigenvalue weighted by Crippen LogP contribution is 2.28. The first-order valence-corrected chi connectivity index (χ1v) is 7.21. The van der Waals surface area contributed by atoms with E-state index in [0.29, 0.717) is 12.8 Å². The molecule has 0 radical (unpaired) electrons. The van der Waals surface area contributed by atoms with Crippen molar-refractivity contribution in [1.29, 1.82) is 5.26 Å². The molecule has 1 fully saturated rings. The van der Waals surface area contributed by atoms with Crippen molar-refractivity contribution in [1.82, 2.24) is 5.32 Å². The van der Waals surface area contributed by atoms with E-state index in [1.165, 1.54) is 18.2 Å². The Hall–Kier alpha value is -2.26. The van der Waals surface area contributed by atoms with Gasteiger partial charge in [0.2, 0.25) is 0 Å². The Morgan fingerprint density at radius 1 is 1.41 bits per heavy atom. The molecule has 0 saturated heterocycles. The summed E-state index contributed by atoms with van der Waals surface area (Å²) >= 11 is 5.74. The Balaban J connectivity index is 1.92. The van der Waals surface area contributed by atoms with Crippen LogP contribution in [-0.4, -0.2) is 29.1 Å². The maximum atomic E-state index is 11.8. The summed E-state index contributed by atoms with van der Waals surface area (Å²) < 4.78 is 4.85. The van der Waals surface area contributed by atoms with Crippen LogP contribution >= 0.6 is 11.6 Å². The molecule has 0 atom stereocenters. The Morgan fingerprint density at radius 2 is 2.09 bits per heavy atom. The number of carbonyl (C=O) groups is 2. The second-order valence-corrected chi connectivity index (χ2v) is 5.62. The Bertz CT molecular complexity index is 633. The fraction of sp³-hybridized carbons (Fsp3) is 0.400. The highest BCUT2D eigenvalue weighted by Gasteiger charge is 2.35. The highest BCUT2D eigenvalue weighted by molar-refractivity contribution is 6.31.